The Morgan fingerprint density at radius 3 is 2.62 bits per heavy atom. The number of ether oxygens (including phenoxy) is 1. The van der Waals surface area contributed by atoms with Gasteiger partial charge in [0.1, 0.15) is 5.82 Å². The molecule has 2 N–H and O–H groups in total. The summed E-state index contributed by atoms with van der Waals surface area (Å²) in [6.07, 6.45) is 0. The number of carboxylic acid groups (broad SMARTS) is 1. The van der Waals surface area contributed by atoms with Crippen LogP contribution in [0.1, 0.15) is 24.2 Å². The second kappa shape index (κ2) is 7.58. The first-order chi connectivity index (χ1) is 9.86. The molecule has 0 aliphatic carbocycles. The number of hydrogen-bond acceptors (Lipinski definition) is 3. The molecule has 1 aromatic carbocycles. The summed E-state index contributed by atoms with van der Waals surface area (Å²) in [5.74, 6) is -1.86. The third kappa shape index (κ3) is 4.71. The fraction of sp³-hybridized carbons (Fsp3) is 0.429. The van der Waals surface area contributed by atoms with Gasteiger partial charge in [0.25, 0.3) is 0 Å². The molecule has 0 heterocycles. The summed E-state index contributed by atoms with van der Waals surface area (Å²) < 4.78 is 18.2. The van der Waals surface area contributed by atoms with Crippen LogP contribution in [0, 0.1) is 5.82 Å². The van der Waals surface area contributed by atoms with Crippen LogP contribution in [0.3, 0.4) is 0 Å². The van der Waals surface area contributed by atoms with Crippen LogP contribution in [0.4, 0.5) is 14.9 Å². The fourth-order valence-corrected chi connectivity index (χ4v) is 1.78. The Hall–Kier alpha value is -2.15. The molecule has 0 unspecified atom stereocenters. The summed E-state index contributed by atoms with van der Waals surface area (Å²) in [6, 6.07) is 2.51. The zero-order valence-corrected chi connectivity index (χ0v) is 12.2. The third-order valence-corrected chi connectivity index (χ3v) is 2.87. The lowest BCUT2D eigenvalue weighted by Crippen LogP contribution is -2.42. The number of carboxylic acids is 1. The largest absolute Gasteiger partial charge is 0.478 e. The molecule has 2 amide bonds. The normalized spacial score (nSPS) is 10.5. The minimum absolute atomic E-state index is 0.0735. The van der Waals surface area contributed by atoms with Crippen molar-refractivity contribution in [2.24, 2.45) is 0 Å². The number of halogens is 1. The van der Waals surface area contributed by atoms with E-state index in [2.05, 4.69) is 5.32 Å². The maximum Gasteiger partial charge on any atom is 0.337 e. The highest BCUT2D eigenvalue weighted by Crippen LogP contribution is 2.18. The van der Waals surface area contributed by atoms with E-state index in [4.69, 9.17) is 9.84 Å². The molecule has 0 saturated heterocycles. The quantitative estimate of drug-likeness (QED) is 0.845. The number of anilines is 1. The number of urea groups is 1. The Balaban J connectivity index is 2.95. The predicted octanol–water partition coefficient (Wildman–Crippen LogP) is 2.41. The first-order valence-corrected chi connectivity index (χ1v) is 6.46. The number of carbonyl (C=O) groups excluding carboxylic acids is 1. The Bertz CT molecular complexity index is 520. The Morgan fingerprint density at radius 2 is 2.10 bits per heavy atom. The van der Waals surface area contributed by atoms with E-state index < -0.39 is 17.8 Å². The number of methoxy groups -OCH3 is 1. The number of nitrogens with one attached hydrogen (secondary N) is 1. The average Bonchev–Trinajstić information content (AvgIpc) is 2.38. The van der Waals surface area contributed by atoms with E-state index >= 15 is 0 Å². The van der Waals surface area contributed by atoms with Crippen LogP contribution >= 0.6 is 0 Å². The van der Waals surface area contributed by atoms with Gasteiger partial charge in [0.15, 0.2) is 0 Å². The van der Waals surface area contributed by atoms with Crippen molar-refractivity contribution in [3.63, 3.8) is 0 Å². The van der Waals surface area contributed by atoms with Crippen molar-refractivity contribution in [1.29, 1.82) is 0 Å². The van der Waals surface area contributed by atoms with Crippen LogP contribution in [0.2, 0.25) is 0 Å². The minimum atomic E-state index is -1.24. The van der Waals surface area contributed by atoms with Crippen molar-refractivity contribution in [3.05, 3.63) is 29.6 Å². The maximum absolute atomic E-state index is 13.2. The Morgan fingerprint density at radius 1 is 1.43 bits per heavy atom. The van der Waals surface area contributed by atoms with Gasteiger partial charge < -0.3 is 20.1 Å². The molecule has 0 aliphatic rings. The van der Waals surface area contributed by atoms with Crippen molar-refractivity contribution < 1.29 is 23.8 Å². The van der Waals surface area contributed by atoms with Gasteiger partial charge in [0.2, 0.25) is 0 Å². The third-order valence-electron chi connectivity index (χ3n) is 2.87. The van der Waals surface area contributed by atoms with E-state index in [9.17, 15) is 14.0 Å². The summed E-state index contributed by atoms with van der Waals surface area (Å²) in [6.45, 7) is 4.33. The molecule has 6 nitrogen and oxygen atoms in total. The summed E-state index contributed by atoms with van der Waals surface area (Å²) >= 11 is 0. The molecule has 0 radical (unpaired) electrons. The zero-order valence-electron chi connectivity index (χ0n) is 12.2. The molecule has 7 heteroatoms. The average molecular weight is 298 g/mol. The smallest absolute Gasteiger partial charge is 0.337 e. The number of benzene rings is 1. The Labute approximate surface area is 122 Å². The number of amides is 2. The summed E-state index contributed by atoms with van der Waals surface area (Å²) in [7, 11) is 1.52. The van der Waals surface area contributed by atoms with E-state index in [-0.39, 0.29) is 17.3 Å². The summed E-state index contributed by atoms with van der Waals surface area (Å²) in [4.78, 5) is 24.7. The van der Waals surface area contributed by atoms with Crippen LogP contribution < -0.4 is 5.32 Å². The standard InChI is InChI=1S/C14H19FN2O4/c1-9(2)17(6-7-21-3)14(20)16-12-8-10(15)4-5-11(12)13(18)19/h4-5,8-9H,6-7H2,1-3H3,(H,16,20)(H,18,19). The first kappa shape index (κ1) is 16.9. The van der Waals surface area contributed by atoms with E-state index in [0.717, 1.165) is 18.2 Å². The van der Waals surface area contributed by atoms with Gasteiger partial charge in [-0.1, -0.05) is 0 Å². The van der Waals surface area contributed by atoms with E-state index in [1.54, 1.807) is 0 Å². The maximum atomic E-state index is 13.2. The predicted molar refractivity (Wildman–Crippen MR) is 76.1 cm³/mol. The van der Waals surface area contributed by atoms with Gasteiger partial charge in [0, 0.05) is 19.7 Å². The second-order valence-electron chi connectivity index (χ2n) is 4.71. The number of rotatable bonds is 6. The lowest BCUT2D eigenvalue weighted by atomic mass is 10.1. The van der Waals surface area contributed by atoms with Crippen molar-refractivity contribution in [3.8, 4) is 0 Å². The minimum Gasteiger partial charge on any atom is -0.478 e. The molecule has 1 rings (SSSR count). The molecule has 0 spiro atoms. The van der Waals surface area contributed by atoms with Gasteiger partial charge >= 0.3 is 12.0 Å². The molecule has 0 saturated carbocycles. The summed E-state index contributed by atoms with van der Waals surface area (Å²) in [5, 5.41) is 11.5. The van der Waals surface area contributed by atoms with Gasteiger partial charge in [0.05, 0.1) is 17.9 Å². The van der Waals surface area contributed by atoms with Crippen LogP contribution in [0.5, 0.6) is 0 Å². The molecule has 0 aromatic heterocycles. The molecule has 1 aromatic rings. The molecule has 0 fully saturated rings. The number of hydrogen-bond donors (Lipinski definition) is 2. The van der Waals surface area contributed by atoms with Gasteiger partial charge in [-0.25, -0.2) is 14.0 Å². The molecule has 0 bridgehead atoms. The van der Waals surface area contributed by atoms with E-state index in [0.29, 0.717) is 13.2 Å². The van der Waals surface area contributed by atoms with Crippen LogP contribution in [0.15, 0.2) is 18.2 Å². The van der Waals surface area contributed by atoms with Crippen molar-refractivity contribution in [1.82, 2.24) is 4.90 Å². The highest BCUT2D eigenvalue weighted by Gasteiger charge is 2.19. The van der Waals surface area contributed by atoms with Gasteiger partial charge in [-0.15, -0.1) is 0 Å². The molecule has 0 aliphatic heterocycles. The van der Waals surface area contributed by atoms with E-state index in [1.165, 1.54) is 12.0 Å². The lowest BCUT2D eigenvalue weighted by Gasteiger charge is -2.27. The topological polar surface area (TPSA) is 78.9 Å². The van der Waals surface area contributed by atoms with Crippen molar-refractivity contribution in [2.45, 2.75) is 19.9 Å². The summed E-state index contributed by atoms with van der Waals surface area (Å²) in [5.41, 5.74) is -0.240. The van der Waals surface area contributed by atoms with Gasteiger partial charge in [-0.2, -0.15) is 0 Å². The Kier molecular flexibility index (Phi) is 6.10. The van der Waals surface area contributed by atoms with Crippen LogP contribution in [-0.4, -0.2) is 48.3 Å². The fourth-order valence-electron chi connectivity index (χ4n) is 1.78. The number of aromatic carboxylic acids is 1. The molecule has 116 valence electrons. The number of carbonyl (C=O) groups is 2. The van der Waals surface area contributed by atoms with Gasteiger partial charge in [-0.3, -0.25) is 0 Å². The highest BCUT2D eigenvalue weighted by molar-refractivity contribution is 6.00. The van der Waals surface area contributed by atoms with Crippen molar-refractivity contribution >= 4 is 17.7 Å². The monoisotopic (exact) mass is 298 g/mol. The molecular formula is C14H19FN2O4. The van der Waals surface area contributed by atoms with Crippen molar-refractivity contribution in [2.75, 3.05) is 25.6 Å². The van der Waals surface area contributed by atoms with Crippen LogP contribution in [0.25, 0.3) is 0 Å². The first-order valence-electron chi connectivity index (χ1n) is 6.46. The second-order valence-corrected chi connectivity index (χ2v) is 4.71. The SMILES string of the molecule is COCCN(C(=O)Nc1cc(F)ccc1C(=O)O)C(C)C. The van der Waals surface area contributed by atoms with E-state index in [1.807, 2.05) is 13.8 Å². The molecule has 21 heavy (non-hydrogen) atoms. The molecular weight excluding hydrogens is 279 g/mol. The molecule has 0 atom stereocenters. The van der Waals surface area contributed by atoms with Gasteiger partial charge in [-0.05, 0) is 32.0 Å². The zero-order chi connectivity index (χ0) is 16.0. The number of nitrogens with zero attached hydrogens (tertiary/aromatic N) is 1. The van der Waals surface area contributed by atoms with Crippen LogP contribution in [-0.2, 0) is 4.74 Å². The lowest BCUT2D eigenvalue weighted by molar-refractivity contribution is 0.0698. The highest BCUT2D eigenvalue weighted by atomic mass is 19.1.